The van der Waals surface area contributed by atoms with Crippen LogP contribution in [-0.2, 0) is 4.79 Å². The molecule has 1 heterocycles. The quantitative estimate of drug-likeness (QED) is 0.758. The summed E-state index contributed by atoms with van der Waals surface area (Å²) >= 11 is 0. The number of nitrogens with one attached hydrogen (secondary N) is 2. The molecule has 0 radical (unpaired) electrons. The van der Waals surface area contributed by atoms with E-state index in [1.54, 1.807) is 0 Å². The Morgan fingerprint density at radius 3 is 2.38 bits per heavy atom. The Balaban J connectivity index is 2.11. The minimum Gasteiger partial charge on any atom is -0.480 e. The summed E-state index contributed by atoms with van der Waals surface area (Å²) in [7, 11) is 1.49. The molecule has 1 fully saturated rings. The largest absolute Gasteiger partial charge is 0.480 e. The van der Waals surface area contributed by atoms with Crippen LogP contribution in [0, 0.1) is 5.92 Å². The number of carbonyl (C=O) groups is 3. The Morgan fingerprint density at radius 2 is 1.92 bits per heavy atom. The molecular formula is C17H23N3O4. The fraction of sp³-hybridized carbons (Fsp3) is 0.529. The van der Waals surface area contributed by atoms with Gasteiger partial charge in [-0.25, -0.2) is 4.79 Å². The van der Waals surface area contributed by atoms with E-state index in [0.717, 1.165) is 19.3 Å². The number of aromatic nitrogens is 1. The van der Waals surface area contributed by atoms with E-state index >= 15 is 0 Å². The van der Waals surface area contributed by atoms with E-state index in [2.05, 4.69) is 22.5 Å². The maximum Gasteiger partial charge on any atom is 0.329 e. The average Bonchev–Trinajstić information content (AvgIpc) is 2.61. The highest BCUT2D eigenvalue weighted by atomic mass is 16.4. The molecular weight excluding hydrogens is 310 g/mol. The molecule has 1 aromatic heterocycles. The molecule has 2 amide bonds. The summed E-state index contributed by atoms with van der Waals surface area (Å²) in [5.74, 6) is -1.31. The number of hydrogen-bond donors (Lipinski definition) is 3. The third-order valence-electron chi connectivity index (χ3n) is 4.78. The van der Waals surface area contributed by atoms with Crippen molar-refractivity contribution in [1.29, 1.82) is 0 Å². The topological polar surface area (TPSA) is 108 Å². The SMILES string of the molecule is CCC1CCC(NC(=O)c2ccc(C(=O)NC)nc2)(C(=O)O)CC1. The summed E-state index contributed by atoms with van der Waals surface area (Å²) in [5.41, 5.74) is -0.784. The lowest BCUT2D eigenvalue weighted by Gasteiger charge is -2.37. The lowest BCUT2D eigenvalue weighted by atomic mass is 9.75. The van der Waals surface area contributed by atoms with Gasteiger partial charge in [-0.1, -0.05) is 13.3 Å². The van der Waals surface area contributed by atoms with Crippen molar-refractivity contribution in [2.75, 3.05) is 7.05 Å². The van der Waals surface area contributed by atoms with Gasteiger partial charge in [0.2, 0.25) is 0 Å². The number of amides is 2. The van der Waals surface area contributed by atoms with Crippen molar-refractivity contribution in [2.45, 2.75) is 44.6 Å². The summed E-state index contributed by atoms with van der Waals surface area (Å²) in [4.78, 5) is 39.5. The zero-order valence-electron chi connectivity index (χ0n) is 14.0. The van der Waals surface area contributed by atoms with Gasteiger partial charge in [0.05, 0.1) is 5.56 Å². The Labute approximate surface area is 140 Å². The van der Waals surface area contributed by atoms with Gasteiger partial charge >= 0.3 is 5.97 Å². The van der Waals surface area contributed by atoms with Crippen molar-refractivity contribution in [2.24, 2.45) is 5.92 Å². The lowest BCUT2D eigenvalue weighted by Crippen LogP contribution is -2.56. The number of rotatable bonds is 5. The molecule has 0 bridgehead atoms. The molecule has 1 aliphatic carbocycles. The van der Waals surface area contributed by atoms with Gasteiger partial charge in [0.1, 0.15) is 11.2 Å². The summed E-state index contributed by atoms with van der Waals surface area (Å²) < 4.78 is 0. The standard InChI is InChI=1S/C17H23N3O4/c1-3-11-6-8-17(9-7-11,16(23)24)20-14(21)12-4-5-13(19-10-12)15(22)18-2/h4-5,10-11H,3,6-9H2,1-2H3,(H,18,22)(H,20,21)(H,23,24). The molecule has 1 aliphatic rings. The molecule has 1 aromatic rings. The molecule has 24 heavy (non-hydrogen) atoms. The maximum absolute atomic E-state index is 12.4. The minimum atomic E-state index is -1.22. The van der Waals surface area contributed by atoms with E-state index in [1.807, 2.05) is 0 Å². The molecule has 7 nitrogen and oxygen atoms in total. The van der Waals surface area contributed by atoms with Crippen LogP contribution in [0.4, 0.5) is 0 Å². The van der Waals surface area contributed by atoms with Crippen LogP contribution in [0.2, 0.25) is 0 Å². The van der Waals surface area contributed by atoms with Crippen LogP contribution in [0.25, 0.3) is 0 Å². The van der Waals surface area contributed by atoms with E-state index < -0.39 is 17.4 Å². The molecule has 130 valence electrons. The van der Waals surface area contributed by atoms with E-state index in [0.29, 0.717) is 18.8 Å². The minimum absolute atomic E-state index is 0.199. The molecule has 0 spiro atoms. The summed E-state index contributed by atoms with van der Waals surface area (Å²) in [6, 6.07) is 2.91. The van der Waals surface area contributed by atoms with Crippen LogP contribution < -0.4 is 10.6 Å². The van der Waals surface area contributed by atoms with Gasteiger partial charge < -0.3 is 15.7 Å². The van der Waals surface area contributed by atoms with Crippen molar-refractivity contribution in [3.05, 3.63) is 29.6 Å². The van der Waals surface area contributed by atoms with Crippen LogP contribution >= 0.6 is 0 Å². The molecule has 0 saturated heterocycles. The molecule has 3 N–H and O–H groups in total. The van der Waals surface area contributed by atoms with Crippen LogP contribution in [0.1, 0.15) is 59.9 Å². The van der Waals surface area contributed by atoms with E-state index in [9.17, 15) is 19.5 Å². The smallest absolute Gasteiger partial charge is 0.329 e. The molecule has 0 unspecified atom stereocenters. The van der Waals surface area contributed by atoms with Crippen molar-refractivity contribution in [1.82, 2.24) is 15.6 Å². The van der Waals surface area contributed by atoms with E-state index in [-0.39, 0.29) is 17.2 Å². The highest BCUT2D eigenvalue weighted by molar-refractivity contribution is 5.98. The molecule has 0 aliphatic heterocycles. The van der Waals surface area contributed by atoms with Crippen molar-refractivity contribution < 1.29 is 19.5 Å². The zero-order valence-corrected chi connectivity index (χ0v) is 14.0. The van der Waals surface area contributed by atoms with E-state index in [1.165, 1.54) is 25.4 Å². The fourth-order valence-electron chi connectivity index (χ4n) is 3.05. The first-order valence-electron chi connectivity index (χ1n) is 8.16. The summed E-state index contributed by atoms with van der Waals surface area (Å²) in [5, 5.41) is 14.7. The number of hydrogen-bond acceptors (Lipinski definition) is 4. The van der Waals surface area contributed by atoms with Gasteiger partial charge in [-0.05, 0) is 43.7 Å². The molecule has 2 rings (SSSR count). The average molecular weight is 333 g/mol. The van der Waals surface area contributed by atoms with E-state index in [4.69, 9.17) is 0 Å². The molecule has 0 aromatic carbocycles. The van der Waals surface area contributed by atoms with Crippen molar-refractivity contribution in [3.63, 3.8) is 0 Å². The predicted molar refractivity (Wildman–Crippen MR) is 87.7 cm³/mol. The highest BCUT2D eigenvalue weighted by Crippen LogP contribution is 2.34. The Kier molecular flexibility index (Phi) is 5.54. The van der Waals surface area contributed by atoms with Crippen molar-refractivity contribution >= 4 is 17.8 Å². The normalized spacial score (nSPS) is 23.3. The van der Waals surface area contributed by atoms with Gasteiger partial charge in [-0.3, -0.25) is 14.6 Å². The second-order valence-corrected chi connectivity index (χ2v) is 6.20. The Morgan fingerprint density at radius 1 is 1.25 bits per heavy atom. The number of nitrogens with zero attached hydrogens (tertiary/aromatic N) is 1. The number of pyridine rings is 1. The van der Waals surface area contributed by atoms with Gasteiger partial charge in [-0.2, -0.15) is 0 Å². The van der Waals surface area contributed by atoms with Crippen LogP contribution in [0.5, 0.6) is 0 Å². The van der Waals surface area contributed by atoms with Crippen LogP contribution in [0.3, 0.4) is 0 Å². The third kappa shape index (κ3) is 3.72. The molecule has 1 saturated carbocycles. The fourth-order valence-corrected chi connectivity index (χ4v) is 3.05. The van der Waals surface area contributed by atoms with Crippen LogP contribution in [0.15, 0.2) is 18.3 Å². The van der Waals surface area contributed by atoms with Crippen molar-refractivity contribution in [3.8, 4) is 0 Å². The Bertz CT molecular complexity index is 619. The van der Waals surface area contributed by atoms with Gasteiger partial charge in [0, 0.05) is 13.2 Å². The Hall–Kier alpha value is -2.44. The third-order valence-corrected chi connectivity index (χ3v) is 4.78. The second-order valence-electron chi connectivity index (χ2n) is 6.20. The van der Waals surface area contributed by atoms with Gasteiger partial charge in [0.25, 0.3) is 11.8 Å². The first kappa shape index (κ1) is 17.9. The van der Waals surface area contributed by atoms with Gasteiger partial charge in [0.15, 0.2) is 0 Å². The zero-order chi connectivity index (χ0) is 17.7. The monoisotopic (exact) mass is 333 g/mol. The first-order valence-corrected chi connectivity index (χ1v) is 8.16. The summed E-state index contributed by atoms with van der Waals surface area (Å²) in [6.45, 7) is 2.09. The maximum atomic E-state index is 12.4. The number of aliphatic carboxylic acids is 1. The first-order chi connectivity index (χ1) is 11.4. The second kappa shape index (κ2) is 7.42. The summed E-state index contributed by atoms with van der Waals surface area (Å²) in [6.07, 6.45) is 4.74. The number of carbonyl (C=O) groups excluding carboxylic acids is 2. The predicted octanol–water partition coefficient (Wildman–Crippen LogP) is 1.59. The van der Waals surface area contributed by atoms with Crippen LogP contribution in [-0.4, -0.2) is 40.5 Å². The molecule has 7 heteroatoms. The molecule has 0 atom stereocenters. The number of carboxylic acid groups (broad SMARTS) is 1. The highest BCUT2D eigenvalue weighted by Gasteiger charge is 2.43. The lowest BCUT2D eigenvalue weighted by molar-refractivity contribution is -0.146. The van der Waals surface area contributed by atoms with Gasteiger partial charge in [-0.15, -0.1) is 0 Å². The number of carboxylic acids is 1.